The maximum atomic E-state index is 14.2. The Labute approximate surface area is 194 Å². The summed E-state index contributed by atoms with van der Waals surface area (Å²) < 4.78 is 17.5. The largest absolute Gasteiger partial charge is 0.354 e. The van der Waals surface area contributed by atoms with Gasteiger partial charge in [0, 0.05) is 18.5 Å². The second-order valence-electron chi connectivity index (χ2n) is 8.27. The number of carbonyl (C=O) groups is 1. The molecule has 7 nitrogen and oxygen atoms in total. The number of halogens is 1. The number of para-hydroxylation sites is 1. The van der Waals surface area contributed by atoms with Crippen LogP contribution in [0.3, 0.4) is 0 Å². The lowest BCUT2D eigenvalue weighted by Crippen LogP contribution is -2.38. The molecule has 0 unspecified atom stereocenters. The van der Waals surface area contributed by atoms with Gasteiger partial charge in [0.15, 0.2) is 5.16 Å². The molecule has 0 aliphatic rings. The number of hydrogen-bond donors (Lipinski definition) is 1. The number of benzene rings is 2. The fourth-order valence-corrected chi connectivity index (χ4v) is 4.50. The van der Waals surface area contributed by atoms with Crippen molar-refractivity contribution >= 4 is 34.3 Å². The third-order valence-electron chi connectivity index (χ3n) is 5.45. The molecule has 0 aliphatic carbocycles. The van der Waals surface area contributed by atoms with Gasteiger partial charge in [-0.25, -0.2) is 4.39 Å². The van der Waals surface area contributed by atoms with Gasteiger partial charge in [0.05, 0.1) is 16.7 Å². The monoisotopic (exact) mass is 465 g/mol. The zero-order valence-corrected chi connectivity index (χ0v) is 19.2. The Kier molecular flexibility index (Phi) is 6.33. The molecule has 170 valence electrons. The second-order valence-corrected chi connectivity index (χ2v) is 9.21. The summed E-state index contributed by atoms with van der Waals surface area (Å²) in [7, 11) is 0. The van der Waals surface area contributed by atoms with E-state index in [1.54, 1.807) is 40.8 Å². The molecule has 0 spiro atoms. The van der Waals surface area contributed by atoms with E-state index < -0.39 is 5.41 Å². The molecule has 0 saturated heterocycles. The van der Waals surface area contributed by atoms with E-state index in [-0.39, 0.29) is 29.6 Å². The number of allylic oxidation sites excluding steroid dienone is 1. The third-order valence-corrected chi connectivity index (χ3v) is 6.38. The minimum absolute atomic E-state index is 0.100. The van der Waals surface area contributed by atoms with Gasteiger partial charge in [-0.15, -0.1) is 16.8 Å². The maximum absolute atomic E-state index is 14.2. The molecule has 0 radical (unpaired) electrons. The smallest absolute Gasteiger partial charge is 0.263 e. The molecule has 2 aromatic heterocycles. The lowest BCUT2D eigenvalue weighted by atomic mass is 9.84. The van der Waals surface area contributed by atoms with Crippen molar-refractivity contribution in [3.63, 3.8) is 0 Å². The highest BCUT2D eigenvalue weighted by molar-refractivity contribution is 7.99. The van der Waals surface area contributed by atoms with E-state index in [1.165, 1.54) is 22.4 Å². The van der Waals surface area contributed by atoms with Gasteiger partial charge in [0.2, 0.25) is 11.7 Å². The summed E-state index contributed by atoms with van der Waals surface area (Å²) in [5.74, 6) is -0.00569. The van der Waals surface area contributed by atoms with Gasteiger partial charge in [0.25, 0.3) is 5.56 Å². The van der Waals surface area contributed by atoms with Crippen molar-refractivity contribution in [2.45, 2.75) is 31.0 Å². The highest BCUT2D eigenvalue weighted by atomic mass is 32.2. The van der Waals surface area contributed by atoms with Crippen molar-refractivity contribution in [1.82, 2.24) is 24.5 Å². The van der Waals surface area contributed by atoms with Crippen LogP contribution in [-0.4, -0.2) is 37.4 Å². The minimum atomic E-state index is -0.565. The molecule has 0 fully saturated rings. The molecule has 2 heterocycles. The Morgan fingerprint density at radius 2 is 1.91 bits per heavy atom. The van der Waals surface area contributed by atoms with Crippen LogP contribution in [0.25, 0.3) is 16.7 Å². The summed E-state index contributed by atoms with van der Waals surface area (Å²) in [6, 6.07) is 13.8. The summed E-state index contributed by atoms with van der Waals surface area (Å²) in [5.41, 5.74) is 0.485. The van der Waals surface area contributed by atoms with E-state index in [9.17, 15) is 14.0 Å². The molecule has 4 rings (SSSR count). The summed E-state index contributed by atoms with van der Waals surface area (Å²) in [5, 5.41) is 12.3. The van der Waals surface area contributed by atoms with Crippen molar-refractivity contribution in [1.29, 1.82) is 0 Å². The van der Waals surface area contributed by atoms with Gasteiger partial charge in [-0.1, -0.05) is 62.0 Å². The summed E-state index contributed by atoms with van der Waals surface area (Å²) >= 11 is 1.22. The highest BCUT2D eigenvalue weighted by Gasteiger charge is 2.25. The van der Waals surface area contributed by atoms with Gasteiger partial charge in [0.1, 0.15) is 5.82 Å². The van der Waals surface area contributed by atoms with E-state index in [0.717, 1.165) is 0 Å². The predicted molar refractivity (Wildman–Crippen MR) is 128 cm³/mol. The molecular formula is C24H24FN5O2S. The van der Waals surface area contributed by atoms with Crippen LogP contribution in [0.1, 0.15) is 19.4 Å². The topological polar surface area (TPSA) is 81.3 Å². The minimum Gasteiger partial charge on any atom is -0.354 e. The van der Waals surface area contributed by atoms with Crippen molar-refractivity contribution in [2.75, 3.05) is 12.3 Å². The van der Waals surface area contributed by atoms with Crippen LogP contribution < -0.4 is 10.9 Å². The van der Waals surface area contributed by atoms with Crippen molar-refractivity contribution < 1.29 is 9.18 Å². The molecular weight excluding hydrogens is 441 g/mol. The van der Waals surface area contributed by atoms with Crippen LogP contribution in [-0.2, 0) is 16.8 Å². The number of amides is 1. The van der Waals surface area contributed by atoms with Crippen LogP contribution >= 0.6 is 11.8 Å². The third kappa shape index (κ3) is 4.41. The van der Waals surface area contributed by atoms with E-state index in [0.29, 0.717) is 33.9 Å². The van der Waals surface area contributed by atoms with Crippen LogP contribution in [0.5, 0.6) is 0 Å². The number of thioether (sulfide) groups is 1. The summed E-state index contributed by atoms with van der Waals surface area (Å²) in [6.45, 7) is 8.07. The fourth-order valence-electron chi connectivity index (χ4n) is 3.73. The van der Waals surface area contributed by atoms with Crippen molar-refractivity contribution in [3.8, 4) is 0 Å². The van der Waals surface area contributed by atoms with E-state index in [2.05, 4.69) is 22.1 Å². The maximum Gasteiger partial charge on any atom is 0.263 e. The van der Waals surface area contributed by atoms with Crippen LogP contribution in [0.4, 0.5) is 4.39 Å². The molecule has 33 heavy (non-hydrogen) atoms. The van der Waals surface area contributed by atoms with E-state index in [1.807, 2.05) is 26.0 Å². The first-order valence-electron chi connectivity index (χ1n) is 10.5. The lowest BCUT2D eigenvalue weighted by molar-refractivity contribution is -0.118. The molecule has 0 saturated carbocycles. The molecule has 1 N–H and O–H groups in total. The fraction of sp³-hybridized carbons (Fsp3) is 0.250. The number of nitrogens with zero attached hydrogens (tertiary/aromatic N) is 4. The normalized spacial score (nSPS) is 11.7. The molecule has 4 aromatic rings. The number of fused-ring (bicyclic) bond motifs is 3. The van der Waals surface area contributed by atoms with Gasteiger partial charge in [-0.2, -0.15) is 0 Å². The molecule has 0 aliphatic heterocycles. The van der Waals surface area contributed by atoms with E-state index in [4.69, 9.17) is 0 Å². The Bertz CT molecular complexity index is 1410. The van der Waals surface area contributed by atoms with Crippen molar-refractivity contribution in [3.05, 3.63) is 82.9 Å². The zero-order valence-electron chi connectivity index (χ0n) is 18.4. The Balaban J connectivity index is 1.54. The zero-order chi connectivity index (χ0) is 23.6. The first kappa shape index (κ1) is 22.7. The standard InChI is InChI=1S/C24H24FN5O2S/c1-4-13-29-21(32)16-9-5-8-12-19(16)30-22(29)27-28-23(30)33-14-20(31)26-15-24(2,3)17-10-6-7-11-18(17)25/h4-12H,1,13-15H2,2-3H3,(H,26,31). The van der Waals surface area contributed by atoms with Gasteiger partial charge in [-0.3, -0.25) is 18.6 Å². The average Bonchev–Trinajstić information content (AvgIpc) is 3.23. The number of hydrogen-bond acceptors (Lipinski definition) is 5. The molecule has 2 aromatic carbocycles. The Morgan fingerprint density at radius 1 is 1.18 bits per heavy atom. The molecule has 1 amide bonds. The Morgan fingerprint density at radius 3 is 2.67 bits per heavy atom. The van der Waals surface area contributed by atoms with Gasteiger partial charge in [-0.05, 0) is 23.8 Å². The van der Waals surface area contributed by atoms with Crippen LogP contribution in [0, 0.1) is 5.82 Å². The Hall–Kier alpha value is -3.46. The SMILES string of the molecule is C=CCn1c(=O)c2ccccc2n2c(SCC(=O)NCC(C)(C)c3ccccc3F)nnc12. The van der Waals surface area contributed by atoms with Gasteiger partial charge >= 0.3 is 0 Å². The highest BCUT2D eigenvalue weighted by Crippen LogP contribution is 2.25. The van der Waals surface area contributed by atoms with E-state index >= 15 is 0 Å². The van der Waals surface area contributed by atoms with Crippen molar-refractivity contribution in [2.24, 2.45) is 0 Å². The number of rotatable bonds is 8. The number of nitrogens with one attached hydrogen (secondary N) is 1. The summed E-state index contributed by atoms with van der Waals surface area (Å²) in [4.78, 5) is 25.4. The molecule has 0 bridgehead atoms. The number of aromatic nitrogens is 4. The molecule has 0 atom stereocenters. The average molecular weight is 466 g/mol. The lowest BCUT2D eigenvalue weighted by Gasteiger charge is -2.26. The summed E-state index contributed by atoms with van der Waals surface area (Å²) in [6.07, 6.45) is 1.63. The van der Waals surface area contributed by atoms with Crippen LogP contribution in [0.15, 0.2) is 71.1 Å². The quantitative estimate of drug-likeness (QED) is 0.318. The first-order chi connectivity index (χ1) is 15.8. The second kappa shape index (κ2) is 9.19. The predicted octanol–water partition coefficient (Wildman–Crippen LogP) is 3.56. The van der Waals surface area contributed by atoms with Crippen LogP contribution in [0.2, 0.25) is 0 Å². The number of carbonyl (C=O) groups excluding carboxylic acids is 1. The molecule has 9 heteroatoms. The van der Waals surface area contributed by atoms with Gasteiger partial charge < -0.3 is 5.32 Å². The first-order valence-corrected chi connectivity index (χ1v) is 11.4.